The van der Waals surface area contributed by atoms with Gasteiger partial charge >= 0.3 is 198 Å². The first-order chi connectivity index (χ1) is 15.1. The van der Waals surface area contributed by atoms with E-state index in [1.54, 1.807) is 3.28 Å². The zero-order chi connectivity index (χ0) is 22.7. The Morgan fingerprint density at radius 3 is 1.97 bits per heavy atom. The van der Waals surface area contributed by atoms with Crippen molar-refractivity contribution in [2.45, 2.75) is 26.2 Å². The Bertz CT molecular complexity index is 1430. The molecule has 0 aromatic heterocycles. The predicted molar refractivity (Wildman–Crippen MR) is 145 cm³/mol. The van der Waals surface area contributed by atoms with Crippen molar-refractivity contribution < 1.29 is 14.4 Å². The maximum absolute atomic E-state index is 5.32. The molecule has 0 heterocycles. The van der Waals surface area contributed by atoms with Crippen molar-refractivity contribution in [2.24, 2.45) is 0 Å². The van der Waals surface area contributed by atoms with Gasteiger partial charge in [0.1, 0.15) is 0 Å². The Morgan fingerprint density at radius 2 is 1.44 bits per heavy atom. The molecule has 0 bridgehead atoms. The van der Waals surface area contributed by atoms with Gasteiger partial charge in [0.2, 0.25) is 0 Å². The van der Waals surface area contributed by atoms with Gasteiger partial charge in [-0.05, 0) is 0 Å². The van der Waals surface area contributed by atoms with Crippen molar-refractivity contribution in [1.82, 2.24) is 0 Å². The van der Waals surface area contributed by atoms with Crippen LogP contribution in [0.3, 0.4) is 0 Å². The number of halogens is 1. The summed E-state index contributed by atoms with van der Waals surface area (Å²) < 4.78 is 11.6. The average Bonchev–Trinajstić information content (AvgIpc) is 3.46. The minimum atomic E-state index is -5.32. The van der Waals surface area contributed by atoms with Crippen LogP contribution in [-0.4, -0.2) is 6.88 Å². The summed E-state index contributed by atoms with van der Waals surface area (Å²) in [6.07, 6.45) is 10.5. The Hall–Kier alpha value is -1.54. The summed E-state index contributed by atoms with van der Waals surface area (Å²) in [6.45, 7) is 4.74. The van der Waals surface area contributed by atoms with Crippen LogP contribution >= 0.6 is 15.9 Å². The third-order valence-corrected chi connectivity index (χ3v) is 49.6. The third kappa shape index (κ3) is 2.36. The zero-order valence-corrected chi connectivity index (χ0v) is 24.6. The second-order valence-corrected chi connectivity index (χ2v) is 59.4. The Kier molecular flexibility index (Phi) is 4.39. The van der Waals surface area contributed by atoms with Gasteiger partial charge < -0.3 is 0 Å². The molecule has 0 aliphatic heterocycles. The molecule has 3 heteroatoms. The van der Waals surface area contributed by atoms with E-state index in [0.717, 1.165) is 6.42 Å². The van der Waals surface area contributed by atoms with Gasteiger partial charge in [-0.2, -0.15) is 0 Å². The number of fused-ring (bicyclic) bond motifs is 1. The van der Waals surface area contributed by atoms with Crippen molar-refractivity contribution in [3.8, 4) is 0 Å². The molecule has 5 rings (SSSR count). The first-order valence-corrected chi connectivity index (χ1v) is 28.3. The fraction of sp³-hybridized carbons (Fsp3) is 0.172. The summed E-state index contributed by atoms with van der Waals surface area (Å²) in [6, 6.07) is 29.7. The molecular formula is C29H31BrSiZr. The van der Waals surface area contributed by atoms with Crippen molar-refractivity contribution >= 4 is 35.4 Å². The average molecular weight is 579 g/mol. The summed E-state index contributed by atoms with van der Waals surface area (Å²) >= 11 is -1.45. The Morgan fingerprint density at radius 1 is 0.844 bits per heavy atom. The third-order valence-electron chi connectivity index (χ3n) is 9.61. The molecule has 0 N–H and O–H groups in total. The van der Waals surface area contributed by atoms with Crippen molar-refractivity contribution in [1.29, 1.82) is 0 Å². The van der Waals surface area contributed by atoms with E-state index in [4.69, 9.17) is 0 Å². The van der Waals surface area contributed by atoms with Crippen molar-refractivity contribution in [3.05, 3.63) is 122 Å². The van der Waals surface area contributed by atoms with Gasteiger partial charge in [-0.1, -0.05) is 0 Å². The maximum atomic E-state index is 3.87. The van der Waals surface area contributed by atoms with Gasteiger partial charge in [-0.25, -0.2) is 0 Å². The molecule has 1 unspecified atom stereocenters. The van der Waals surface area contributed by atoms with E-state index in [1.165, 1.54) is 27.7 Å². The fourth-order valence-corrected chi connectivity index (χ4v) is 42.1. The minimum absolute atomic E-state index is 0.300. The predicted octanol–water partition coefficient (Wildman–Crippen LogP) is 6.81. The van der Waals surface area contributed by atoms with Gasteiger partial charge in [0.15, 0.2) is 0 Å². The second kappa shape index (κ2) is 6.32. The van der Waals surface area contributed by atoms with Gasteiger partial charge in [0.25, 0.3) is 0 Å². The monoisotopic (exact) mass is 576 g/mol. The topological polar surface area (TPSA) is 0 Å². The SMILES string of the molecule is CC1=Cc2c(Br)cccc2[CH]1[Zr]([CH3])([CH3])(=[SiH2])([C]1=CC=CC1)([c]1ccccc1)[c]1ccccc1. The molecule has 3 aromatic carbocycles. The quantitative estimate of drug-likeness (QED) is 0.299. The van der Waals surface area contributed by atoms with Crippen LogP contribution in [0.5, 0.6) is 0 Å². The van der Waals surface area contributed by atoms with E-state index in [1.807, 2.05) is 0 Å². The van der Waals surface area contributed by atoms with Crippen LogP contribution in [0.25, 0.3) is 6.08 Å². The first-order valence-electron chi connectivity index (χ1n) is 11.5. The van der Waals surface area contributed by atoms with Crippen LogP contribution in [0, 0.1) is 0 Å². The normalized spacial score (nSPS) is 21.0. The van der Waals surface area contributed by atoms with Gasteiger partial charge in [-0.3, -0.25) is 0 Å². The van der Waals surface area contributed by atoms with E-state index < -0.39 is 14.4 Å². The molecule has 1 atom stereocenters. The summed E-state index contributed by atoms with van der Waals surface area (Å²) in [5.41, 5.74) is 4.27. The first kappa shape index (κ1) is 22.3. The standard InChI is InChI=1S/C10H8Br.2C6H5.C5H5.2CH3.H2Si.Zr/c1-7-5-8-3-2-4-10(11)9(8)6-7;2*1-2-4-6-5-3-1;1-2-4-5-3-1;;;;/h2-6H,1H3;2*1-5H;1-3H,4H2;2*1H3;1H2;. The number of rotatable bonds is 4. The molecule has 0 spiro atoms. The molecule has 2 aliphatic rings. The molecule has 0 saturated carbocycles. The molecular weight excluding hydrogens is 548 g/mol. The molecule has 0 nitrogen and oxygen atoms in total. The number of allylic oxidation sites excluding steroid dienone is 5. The number of hydrogen-bond donors (Lipinski definition) is 0. The van der Waals surface area contributed by atoms with Crippen molar-refractivity contribution in [2.75, 3.05) is 0 Å². The van der Waals surface area contributed by atoms with Crippen LogP contribution in [0.4, 0.5) is 0 Å². The molecule has 0 amide bonds. The van der Waals surface area contributed by atoms with E-state index >= 15 is 0 Å². The second-order valence-electron chi connectivity index (χ2n) is 11.9. The van der Waals surface area contributed by atoms with Gasteiger partial charge in [0, 0.05) is 0 Å². The van der Waals surface area contributed by atoms with Crippen LogP contribution in [0.1, 0.15) is 28.1 Å². The van der Waals surface area contributed by atoms with Gasteiger partial charge in [-0.15, -0.1) is 0 Å². The molecule has 0 saturated heterocycles. The van der Waals surface area contributed by atoms with E-state index in [2.05, 4.69) is 142 Å². The fourth-order valence-electron chi connectivity index (χ4n) is 7.73. The van der Waals surface area contributed by atoms with E-state index in [-0.39, 0.29) is 0 Å². The van der Waals surface area contributed by atoms with Crippen LogP contribution in [0.15, 0.2) is 110 Å². The van der Waals surface area contributed by atoms with Crippen LogP contribution in [0.2, 0.25) is 9.26 Å². The Labute approximate surface area is 196 Å². The summed E-state index contributed by atoms with van der Waals surface area (Å²) in [7, 11) is 0. The molecule has 32 heavy (non-hydrogen) atoms. The van der Waals surface area contributed by atoms with Crippen LogP contribution < -0.4 is 6.54 Å². The summed E-state index contributed by atoms with van der Waals surface area (Å²) in [4.78, 5) is 0. The summed E-state index contributed by atoms with van der Waals surface area (Å²) in [5, 5.41) is 0. The number of hydrogen-bond acceptors (Lipinski definition) is 0. The zero-order valence-electron chi connectivity index (χ0n) is 19.2. The van der Waals surface area contributed by atoms with Gasteiger partial charge in [0.05, 0.1) is 0 Å². The molecule has 162 valence electrons. The molecule has 0 fully saturated rings. The summed E-state index contributed by atoms with van der Waals surface area (Å²) in [5.74, 6) is 0. The molecule has 3 aromatic rings. The van der Waals surface area contributed by atoms with Crippen LogP contribution in [-0.2, 0) is 14.4 Å². The van der Waals surface area contributed by atoms with E-state index in [0.29, 0.717) is 3.63 Å². The Balaban J connectivity index is 2.12. The molecule has 2 aliphatic carbocycles. The van der Waals surface area contributed by atoms with Crippen molar-refractivity contribution in [3.63, 3.8) is 0 Å². The number of benzene rings is 3. The van der Waals surface area contributed by atoms with E-state index in [9.17, 15) is 0 Å². The molecule has 0 radical (unpaired) electrons.